The van der Waals surface area contributed by atoms with Crippen molar-refractivity contribution in [2.75, 3.05) is 6.54 Å². The molecule has 2 nitrogen and oxygen atoms in total. The number of aliphatic hydroxyl groups excluding tert-OH is 1. The minimum atomic E-state index is -0.649. The van der Waals surface area contributed by atoms with Crippen molar-refractivity contribution in [2.24, 2.45) is 0 Å². The van der Waals surface area contributed by atoms with Crippen LogP contribution in [0.4, 0.5) is 0 Å². The number of nitrogens with one attached hydrogen (secondary N) is 1. The van der Waals surface area contributed by atoms with Crippen LogP contribution in [0.2, 0.25) is 0 Å². The van der Waals surface area contributed by atoms with Crippen LogP contribution in [0.1, 0.15) is 11.1 Å². The summed E-state index contributed by atoms with van der Waals surface area (Å²) in [5.41, 5.74) is 2.12. The van der Waals surface area contributed by atoms with Crippen molar-refractivity contribution < 1.29 is 5.11 Å². The van der Waals surface area contributed by atoms with E-state index in [-0.39, 0.29) is 0 Å². The summed E-state index contributed by atoms with van der Waals surface area (Å²) in [5.74, 6) is 5.78. The molecule has 0 amide bonds. The second kappa shape index (κ2) is 7.38. The van der Waals surface area contributed by atoms with Gasteiger partial charge in [0, 0.05) is 18.7 Å². The van der Waals surface area contributed by atoms with Crippen molar-refractivity contribution in [1.29, 1.82) is 0 Å². The van der Waals surface area contributed by atoms with Crippen LogP contribution in [-0.4, -0.2) is 17.8 Å². The van der Waals surface area contributed by atoms with Gasteiger partial charge in [0.15, 0.2) is 0 Å². The Hall–Kier alpha value is -2.08. The fourth-order valence-electron chi connectivity index (χ4n) is 1.69. The SMILES string of the molecule is OC(C#Cc1ccccc1)CNCc1ccccc1. The van der Waals surface area contributed by atoms with Gasteiger partial charge in [-0.25, -0.2) is 0 Å². The third-order valence-corrected chi connectivity index (χ3v) is 2.67. The lowest BCUT2D eigenvalue weighted by atomic mass is 10.2. The minimum Gasteiger partial charge on any atom is -0.379 e. The summed E-state index contributed by atoms with van der Waals surface area (Å²) in [6.45, 7) is 1.21. The zero-order valence-corrected chi connectivity index (χ0v) is 10.7. The van der Waals surface area contributed by atoms with E-state index in [9.17, 15) is 5.11 Å². The molecule has 19 heavy (non-hydrogen) atoms. The molecule has 2 N–H and O–H groups in total. The largest absolute Gasteiger partial charge is 0.379 e. The van der Waals surface area contributed by atoms with Gasteiger partial charge in [0.05, 0.1) is 0 Å². The summed E-state index contributed by atoms with van der Waals surface area (Å²) in [7, 11) is 0. The fourth-order valence-corrected chi connectivity index (χ4v) is 1.69. The average Bonchev–Trinajstić information content (AvgIpc) is 2.47. The molecule has 2 heteroatoms. The molecule has 0 saturated carbocycles. The molecule has 0 saturated heterocycles. The first-order valence-electron chi connectivity index (χ1n) is 6.34. The van der Waals surface area contributed by atoms with Gasteiger partial charge in [-0.2, -0.15) is 0 Å². The predicted molar refractivity (Wildman–Crippen MR) is 77.5 cm³/mol. The van der Waals surface area contributed by atoms with Crippen LogP contribution in [0.3, 0.4) is 0 Å². The average molecular weight is 251 g/mol. The highest BCUT2D eigenvalue weighted by Crippen LogP contribution is 1.97. The van der Waals surface area contributed by atoms with E-state index < -0.39 is 6.10 Å². The highest BCUT2D eigenvalue weighted by atomic mass is 16.3. The van der Waals surface area contributed by atoms with E-state index in [0.717, 1.165) is 12.1 Å². The van der Waals surface area contributed by atoms with Crippen molar-refractivity contribution in [2.45, 2.75) is 12.6 Å². The number of hydrogen-bond donors (Lipinski definition) is 2. The molecule has 0 aliphatic heterocycles. The molecule has 0 radical (unpaired) electrons. The van der Waals surface area contributed by atoms with Crippen LogP contribution in [0.5, 0.6) is 0 Å². The van der Waals surface area contributed by atoms with E-state index in [1.807, 2.05) is 48.5 Å². The van der Waals surface area contributed by atoms with Crippen LogP contribution in [0, 0.1) is 11.8 Å². The predicted octanol–water partition coefficient (Wildman–Crippen LogP) is 2.19. The number of hydrogen-bond acceptors (Lipinski definition) is 2. The lowest BCUT2D eigenvalue weighted by Crippen LogP contribution is -2.25. The highest BCUT2D eigenvalue weighted by molar-refractivity contribution is 5.34. The smallest absolute Gasteiger partial charge is 0.127 e. The molecule has 0 aliphatic carbocycles. The van der Waals surface area contributed by atoms with Gasteiger partial charge in [-0.3, -0.25) is 0 Å². The van der Waals surface area contributed by atoms with E-state index in [4.69, 9.17) is 0 Å². The third kappa shape index (κ3) is 4.97. The molecule has 1 unspecified atom stereocenters. The number of aliphatic hydroxyl groups is 1. The zero-order valence-electron chi connectivity index (χ0n) is 10.7. The van der Waals surface area contributed by atoms with E-state index in [0.29, 0.717) is 6.54 Å². The van der Waals surface area contributed by atoms with Crippen LogP contribution < -0.4 is 5.32 Å². The Morgan fingerprint density at radius 3 is 2.26 bits per heavy atom. The van der Waals surface area contributed by atoms with E-state index in [1.54, 1.807) is 0 Å². The van der Waals surface area contributed by atoms with Crippen LogP contribution in [0.15, 0.2) is 60.7 Å². The summed E-state index contributed by atoms with van der Waals surface area (Å²) in [5, 5.41) is 12.9. The standard InChI is InChI=1S/C17H17NO/c19-17(12-11-15-7-3-1-4-8-15)14-18-13-16-9-5-2-6-10-16/h1-10,17-19H,13-14H2. The molecule has 0 aromatic heterocycles. The van der Waals surface area contributed by atoms with Crippen LogP contribution >= 0.6 is 0 Å². The Morgan fingerprint density at radius 2 is 1.58 bits per heavy atom. The molecule has 1 atom stereocenters. The van der Waals surface area contributed by atoms with Crippen molar-refractivity contribution in [1.82, 2.24) is 5.32 Å². The Bertz CT molecular complexity index is 540. The maximum atomic E-state index is 9.75. The Kier molecular flexibility index (Phi) is 5.18. The van der Waals surface area contributed by atoms with Gasteiger partial charge < -0.3 is 10.4 Å². The fraction of sp³-hybridized carbons (Fsp3) is 0.176. The summed E-state index contributed by atoms with van der Waals surface area (Å²) in [6, 6.07) is 19.8. The van der Waals surface area contributed by atoms with Crippen molar-refractivity contribution >= 4 is 0 Å². The zero-order chi connectivity index (χ0) is 13.3. The lowest BCUT2D eigenvalue weighted by molar-refractivity contribution is 0.227. The quantitative estimate of drug-likeness (QED) is 0.816. The van der Waals surface area contributed by atoms with Gasteiger partial charge in [0.1, 0.15) is 6.10 Å². The van der Waals surface area contributed by atoms with Crippen molar-refractivity contribution in [3.05, 3.63) is 71.8 Å². The molecule has 96 valence electrons. The number of rotatable bonds is 4. The van der Waals surface area contributed by atoms with Crippen molar-refractivity contribution in [3.8, 4) is 11.8 Å². The minimum absolute atomic E-state index is 0.467. The molecule has 0 spiro atoms. The molecule has 2 aromatic rings. The molecule has 2 rings (SSSR count). The molecule has 2 aromatic carbocycles. The second-order valence-corrected chi connectivity index (χ2v) is 4.27. The highest BCUT2D eigenvalue weighted by Gasteiger charge is 1.98. The molecular weight excluding hydrogens is 234 g/mol. The second-order valence-electron chi connectivity index (χ2n) is 4.27. The topological polar surface area (TPSA) is 32.3 Å². The first-order valence-corrected chi connectivity index (χ1v) is 6.34. The number of benzene rings is 2. The molecule has 0 bridgehead atoms. The van der Waals surface area contributed by atoms with Crippen molar-refractivity contribution in [3.63, 3.8) is 0 Å². The summed E-state index contributed by atoms with van der Waals surface area (Å²) < 4.78 is 0. The van der Waals surface area contributed by atoms with E-state index >= 15 is 0 Å². The van der Waals surface area contributed by atoms with E-state index in [2.05, 4.69) is 29.3 Å². The maximum absolute atomic E-state index is 9.75. The third-order valence-electron chi connectivity index (χ3n) is 2.67. The Balaban J connectivity index is 1.76. The van der Waals surface area contributed by atoms with Crippen LogP contribution in [-0.2, 0) is 6.54 Å². The molecule has 0 heterocycles. The monoisotopic (exact) mass is 251 g/mol. The summed E-state index contributed by atoms with van der Waals surface area (Å²) in [6.07, 6.45) is -0.649. The van der Waals surface area contributed by atoms with Gasteiger partial charge >= 0.3 is 0 Å². The maximum Gasteiger partial charge on any atom is 0.127 e. The first kappa shape index (κ1) is 13.4. The first-order chi connectivity index (χ1) is 9.34. The summed E-state index contributed by atoms with van der Waals surface area (Å²) >= 11 is 0. The van der Waals surface area contributed by atoms with Gasteiger partial charge in [0.25, 0.3) is 0 Å². The van der Waals surface area contributed by atoms with Gasteiger partial charge in [-0.05, 0) is 17.7 Å². The van der Waals surface area contributed by atoms with Gasteiger partial charge in [0.2, 0.25) is 0 Å². The molecular formula is C17H17NO. The molecule has 0 fully saturated rings. The van der Waals surface area contributed by atoms with Gasteiger partial charge in [-0.15, -0.1) is 0 Å². The summed E-state index contributed by atoms with van der Waals surface area (Å²) in [4.78, 5) is 0. The van der Waals surface area contributed by atoms with Crippen LogP contribution in [0.25, 0.3) is 0 Å². The Labute approximate surface area is 114 Å². The lowest BCUT2D eigenvalue weighted by Gasteiger charge is -2.06. The molecule has 0 aliphatic rings. The van der Waals surface area contributed by atoms with Gasteiger partial charge in [-0.1, -0.05) is 60.4 Å². The Morgan fingerprint density at radius 1 is 0.947 bits per heavy atom. The van der Waals surface area contributed by atoms with E-state index in [1.165, 1.54) is 5.56 Å². The normalized spacial score (nSPS) is 11.4.